The maximum atomic E-state index is 5.57. The average Bonchev–Trinajstić information content (AvgIpc) is 2.78. The number of hydrogen-bond donors (Lipinski definition) is 1. The number of methoxy groups -OCH3 is 1. The molecule has 2 N–H and O–H groups in total. The van der Waals surface area contributed by atoms with Gasteiger partial charge in [0.1, 0.15) is 5.75 Å². The molecule has 2 rings (SSSR count). The van der Waals surface area contributed by atoms with Crippen LogP contribution in [-0.2, 0) is 6.54 Å². The molecule has 0 radical (unpaired) electrons. The highest BCUT2D eigenvalue weighted by Crippen LogP contribution is 2.28. The molecule has 0 bridgehead atoms. The van der Waals surface area contributed by atoms with Gasteiger partial charge >= 0.3 is 0 Å². The molecule has 3 heteroatoms. The van der Waals surface area contributed by atoms with E-state index in [9.17, 15) is 0 Å². The molecular weight excluding hydrogens is 206 g/mol. The lowest BCUT2D eigenvalue weighted by atomic mass is 10.1. The van der Waals surface area contributed by atoms with Gasteiger partial charge in [-0.3, -0.25) is 0 Å². The van der Waals surface area contributed by atoms with Crippen LogP contribution < -0.4 is 10.5 Å². The summed E-state index contributed by atoms with van der Waals surface area (Å²) in [6.45, 7) is 0.604. The summed E-state index contributed by atoms with van der Waals surface area (Å²) < 4.78 is 5.11. The first-order chi connectivity index (χ1) is 7.33. The number of hydrogen-bond acceptors (Lipinski definition) is 3. The maximum absolute atomic E-state index is 5.57. The molecule has 0 amide bonds. The highest BCUT2D eigenvalue weighted by Gasteiger charge is 2.01. The standard InChI is InChI=1S/C12H13NOS/c1-14-11-4-2-10(3-5-11)12-6-9(7-13)8-15-12/h2-6,8H,7,13H2,1H3. The van der Waals surface area contributed by atoms with Crippen LogP contribution in [0.25, 0.3) is 10.4 Å². The van der Waals surface area contributed by atoms with Crippen molar-refractivity contribution in [3.05, 3.63) is 41.3 Å². The quantitative estimate of drug-likeness (QED) is 0.861. The molecule has 0 saturated heterocycles. The van der Waals surface area contributed by atoms with E-state index in [0.717, 1.165) is 5.75 Å². The Bertz CT molecular complexity index is 433. The van der Waals surface area contributed by atoms with Crippen LogP contribution in [0.4, 0.5) is 0 Å². The van der Waals surface area contributed by atoms with Crippen LogP contribution in [0.2, 0.25) is 0 Å². The molecule has 0 atom stereocenters. The zero-order valence-corrected chi connectivity index (χ0v) is 9.38. The number of nitrogens with two attached hydrogens (primary N) is 1. The Hall–Kier alpha value is -1.32. The van der Waals surface area contributed by atoms with E-state index in [0.29, 0.717) is 6.54 Å². The summed E-state index contributed by atoms with van der Waals surface area (Å²) in [5.41, 5.74) is 7.97. The third-order valence-electron chi connectivity index (χ3n) is 2.26. The van der Waals surface area contributed by atoms with Gasteiger partial charge in [0, 0.05) is 11.4 Å². The fraction of sp³-hybridized carbons (Fsp3) is 0.167. The Balaban J connectivity index is 2.28. The molecule has 0 saturated carbocycles. The minimum atomic E-state index is 0.604. The zero-order chi connectivity index (χ0) is 10.7. The van der Waals surface area contributed by atoms with Gasteiger partial charge in [-0.15, -0.1) is 11.3 Å². The number of benzene rings is 1. The molecule has 0 spiro atoms. The molecule has 0 fully saturated rings. The van der Waals surface area contributed by atoms with Crippen molar-refractivity contribution in [1.29, 1.82) is 0 Å². The maximum Gasteiger partial charge on any atom is 0.118 e. The summed E-state index contributed by atoms with van der Waals surface area (Å²) in [6.07, 6.45) is 0. The van der Waals surface area contributed by atoms with Crippen molar-refractivity contribution in [2.45, 2.75) is 6.54 Å². The van der Waals surface area contributed by atoms with Crippen molar-refractivity contribution < 1.29 is 4.74 Å². The Morgan fingerprint density at radius 2 is 2.00 bits per heavy atom. The normalized spacial score (nSPS) is 10.3. The van der Waals surface area contributed by atoms with Gasteiger partial charge in [-0.25, -0.2) is 0 Å². The van der Waals surface area contributed by atoms with Gasteiger partial charge in [0.25, 0.3) is 0 Å². The summed E-state index contributed by atoms with van der Waals surface area (Å²) in [5.74, 6) is 0.884. The molecule has 0 aliphatic heterocycles. The summed E-state index contributed by atoms with van der Waals surface area (Å²) in [7, 11) is 1.67. The second-order valence-electron chi connectivity index (χ2n) is 3.25. The number of rotatable bonds is 3. The van der Waals surface area contributed by atoms with Crippen LogP contribution in [0.5, 0.6) is 5.75 Å². The van der Waals surface area contributed by atoms with E-state index in [4.69, 9.17) is 10.5 Å². The van der Waals surface area contributed by atoms with Gasteiger partial charge in [0.15, 0.2) is 0 Å². The molecule has 0 aliphatic rings. The van der Waals surface area contributed by atoms with E-state index in [-0.39, 0.29) is 0 Å². The summed E-state index contributed by atoms with van der Waals surface area (Å²) in [5, 5.41) is 2.10. The van der Waals surface area contributed by atoms with Crippen molar-refractivity contribution in [2.75, 3.05) is 7.11 Å². The van der Waals surface area contributed by atoms with Crippen LogP contribution in [0.15, 0.2) is 35.7 Å². The van der Waals surface area contributed by atoms with E-state index in [2.05, 4.69) is 23.6 Å². The fourth-order valence-corrected chi connectivity index (χ4v) is 2.32. The van der Waals surface area contributed by atoms with Gasteiger partial charge in [0.2, 0.25) is 0 Å². The minimum absolute atomic E-state index is 0.604. The van der Waals surface area contributed by atoms with Crippen LogP contribution in [0.1, 0.15) is 5.56 Å². The predicted molar refractivity (Wildman–Crippen MR) is 64.2 cm³/mol. The predicted octanol–water partition coefficient (Wildman–Crippen LogP) is 2.88. The molecule has 0 unspecified atom stereocenters. The molecule has 78 valence electrons. The van der Waals surface area contributed by atoms with Crippen LogP contribution >= 0.6 is 11.3 Å². The second-order valence-corrected chi connectivity index (χ2v) is 4.16. The smallest absolute Gasteiger partial charge is 0.118 e. The highest BCUT2D eigenvalue weighted by molar-refractivity contribution is 7.13. The average molecular weight is 219 g/mol. The third kappa shape index (κ3) is 2.19. The minimum Gasteiger partial charge on any atom is -0.497 e. The summed E-state index contributed by atoms with van der Waals surface area (Å²) in [4.78, 5) is 1.25. The van der Waals surface area contributed by atoms with Gasteiger partial charge in [0.05, 0.1) is 7.11 Å². The summed E-state index contributed by atoms with van der Waals surface area (Å²) in [6, 6.07) is 10.2. The molecule has 15 heavy (non-hydrogen) atoms. The van der Waals surface area contributed by atoms with E-state index in [1.807, 2.05) is 12.1 Å². The molecule has 2 nitrogen and oxygen atoms in total. The molecule has 0 aliphatic carbocycles. The lowest BCUT2D eigenvalue weighted by Crippen LogP contribution is -1.92. The van der Waals surface area contributed by atoms with Crippen molar-refractivity contribution in [1.82, 2.24) is 0 Å². The Kier molecular flexibility index (Phi) is 3.04. The largest absolute Gasteiger partial charge is 0.497 e. The second kappa shape index (κ2) is 4.47. The Labute approximate surface area is 93.3 Å². The van der Waals surface area contributed by atoms with E-state index >= 15 is 0 Å². The first-order valence-corrected chi connectivity index (χ1v) is 5.63. The monoisotopic (exact) mass is 219 g/mol. The van der Waals surface area contributed by atoms with Crippen molar-refractivity contribution in [2.24, 2.45) is 5.73 Å². The molecule has 1 aromatic heterocycles. The Morgan fingerprint density at radius 1 is 1.27 bits per heavy atom. The number of thiophene rings is 1. The van der Waals surface area contributed by atoms with Gasteiger partial charge in [-0.05, 0) is 46.8 Å². The SMILES string of the molecule is COc1ccc(-c2cc(CN)cs2)cc1. The first-order valence-electron chi connectivity index (χ1n) is 4.75. The van der Waals surface area contributed by atoms with Crippen molar-refractivity contribution in [3.8, 4) is 16.2 Å². The zero-order valence-electron chi connectivity index (χ0n) is 8.57. The molecule has 1 aromatic carbocycles. The highest BCUT2D eigenvalue weighted by atomic mass is 32.1. The molecule has 1 heterocycles. The van der Waals surface area contributed by atoms with Gasteiger partial charge < -0.3 is 10.5 Å². The van der Waals surface area contributed by atoms with E-state index in [1.165, 1.54) is 16.0 Å². The van der Waals surface area contributed by atoms with Crippen molar-refractivity contribution in [3.63, 3.8) is 0 Å². The van der Waals surface area contributed by atoms with Gasteiger partial charge in [-0.1, -0.05) is 0 Å². The summed E-state index contributed by atoms with van der Waals surface area (Å²) >= 11 is 1.72. The van der Waals surface area contributed by atoms with E-state index < -0.39 is 0 Å². The van der Waals surface area contributed by atoms with Gasteiger partial charge in [-0.2, -0.15) is 0 Å². The fourth-order valence-electron chi connectivity index (χ4n) is 1.39. The van der Waals surface area contributed by atoms with Crippen LogP contribution in [-0.4, -0.2) is 7.11 Å². The molecule has 2 aromatic rings. The third-order valence-corrected chi connectivity index (χ3v) is 3.29. The van der Waals surface area contributed by atoms with E-state index in [1.54, 1.807) is 18.4 Å². The lowest BCUT2D eigenvalue weighted by molar-refractivity contribution is 0.415. The topological polar surface area (TPSA) is 35.2 Å². The van der Waals surface area contributed by atoms with Crippen LogP contribution in [0.3, 0.4) is 0 Å². The van der Waals surface area contributed by atoms with Crippen LogP contribution in [0, 0.1) is 0 Å². The van der Waals surface area contributed by atoms with Crippen molar-refractivity contribution >= 4 is 11.3 Å². The first kappa shape index (κ1) is 10.2. The molecular formula is C12H13NOS. The number of ether oxygens (including phenoxy) is 1. The lowest BCUT2D eigenvalue weighted by Gasteiger charge is -2.00. The Morgan fingerprint density at radius 3 is 2.53 bits per heavy atom.